The molecule has 1 rings (SSSR count). The van der Waals surface area contributed by atoms with Crippen LogP contribution < -0.4 is 4.90 Å². The van der Waals surface area contributed by atoms with E-state index in [4.69, 9.17) is 10.4 Å². The molecule has 1 aromatic rings. The Morgan fingerprint density at radius 1 is 1.71 bits per heavy atom. The van der Waals surface area contributed by atoms with E-state index in [1.165, 1.54) is 12.3 Å². The molecule has 6 heteroatoms. The Kier molecular flexibility index (Phi) is 4.40. The van der Waals surface area contributed by atoms with E-state index in [0.717, 1.165) is 6.42 Å². The minimum absolute atomic E-state index is 0.0186. The van der Waals surface area contributed by atoms with Gasteiger partial charge in [-0.1, -0.05) is 6.92 Å². The number of carbonyl (C=O) groups is 1. The van der Waals surface area contributed by atoms with Crippen LogP contribution in [-0.4, -0.2) is 33.9 Å². The maximum atomic E-state index is 10.8. The largest absolute Gasteiger partial charge is 0.480 e. The van der Waals surface area contributed by atoms with Crippen LogP contribution in [0.1, 0.15) is 25.8 Å². The molecule has 17 heavy (non-hydrogen) atoms. The van der Waals surface area contributed by atoms with Crippen molar-refractivity contribution in [3.05, 3.63) is 17.8 Å². The molecule has 0 saturated carbocycles. The molecule has 0 fully saturated rings. The number of hydrogen-bond acceptors (Lipinski definition) is 5. The van der Waals surface area contributed by atoms with Gasteiger partial charge in [0.1, 0.15) is 12.6 Å². The summed E-state index contributed by atoms with van der Waals surface area (Å²) in [6, 6.07) is 3.50. The number of nitrogens with zero attached hydrogens (tertiary/aromatic N) is 4. The summed E-state index contributed by atoms with van der Waals surface area (Å²) in [5.41, 5.74) is 0.335. The zero-order chi connectivity index (χ0) is 12.8. The molecule has 0 saturated heterocycles. The van der Waals surface area contributed by atoms with Gasteiger partial charge in [0.15, 0.2) is 5.82 Å². The number of carboxylic acids is 1. The zero-order valence-electron chi connectivity index (χ0n) is 9.79. The van der Waals surface area contributed by atoms with E-state index >= 15 is 0 Å². The molecule has 1 aromatic heterocycles. The first kappa shape index (κ1) is 12.9. The van der Waals surface area contributed by atoms with Crippen LogP contribution in [0.25, 0.3) is 0 Å². The molecule has 0 aromatic carbocycles. The highest BCUT2D eigenvalue weighted by molar-refractivity contribution is 5.74. The molecule has 1 N–H and O–H groups in total. The predicted octanol–water partition coefficient (Wildman–Crippen LogP) is 1.04. The Bertz CT molecular complexity index is 441. The second-order valence-electron chi connectivity index (χ2n) is 3.66. The zero-order valence-corrected chi connectivity index (χ0v) is 9.79. The first-order chi connectivity index (χ1) is 8.10. The average Bonchev–Trinajstić information content (AvgIpc) is 2.34. The third-order valence-corrected chi connectivity index (χ3v) is 2.52. The van der Waals surface area contributed by atoms with Crippen LogP contribution in [0, 0.1) is 11.3 Å². The van der Waals surface area contributed by atoms with E-state index in [1.54, 1.807) is 4.90 Å². The maximum Gasteiger partial charge on any atom is 0.323 e. The molecule has 0 spiro atoms. The van der Waals surface area contributed by atoms with Gasteiger partial charge in [-0.15, -0.1) is 5.10 Å². The summed E-state index contributed by atoms with van der Waals surface area (Å²) >= 11 is 0. The summed E-state index contributed by atoms with van der Waals surface area (Å²) < 4.78 is 0. The Morgan fingerprint density at radius 2 is 2.41 bits per heavy atom. The molecular formula is C11H14N4O2. The Balaban J connectivity index is 3.12. The van der Waals surface area contributed by atoms with Crippen molar-refractivity contribution >= 4 is 11.8 Å². The number of hydrogen-bond donors (Lipinski definition) is 1. The van der Waals surface area contributed by atoms with E-state index in [2.05, 4.69) is 10.2 Å². The van der Waals surface area contributed by atoms with Crippen molar-refractivity contribution in [3.8, 4) is 6.07 Å². The van der Waals surface area contributed by atoms with Crippen LogP contribution in [0.15, 0.2) is 12.3 Å². The normalized spacial score (nSPS) is 11.6. The second kappa shape index (κ2) is 5.80. The highest BCUT2D eigenvalue weighted by Gasteiger charge is 2.20. The van der Waals surface area contributed by atoms with Crippen molar-refractivity contribution in [2.24, 2.45) is 0 Å². The number of aromatic nitrogens is 2. The second-order valence-corrected chi connectivity index (χ2v) is 3.66. The lowest BCUT2D eigenvalue weighted by Gasteiger charge is -2.27. The number of nitriles is 1. The molecule has 0 aliphatic carbocycles. The van der Waals surface area contributed by atoms with Gasteiger partial charge in [0.05, 0.1) is 11.8 Å². The lowest BCUT2D eigenvalue weighted by molar-refractivity contribution is -0.135. The summed E-state index contributed by atoms with van der Waals surface area (Å²) in [6.45, 7) is 3.64. The van der Waals surface area contributed by atoms with Crippen molar-refractivity contribution in [2.75, 3.05) is 11.4 Å². The summed E-state index contributed by atoms with van der Waals surface area (Å²) in [6.07, 6.45) is 2.17. The lowest BCUT2D eigenvalue weighted by atomic mass is 10.2. The Hall–Kier alpha value is -2.16. The molecule has 0 aliphatic rings. The minimum atomic E-state index is -0.958. The fourth-order valence-electron chi connectivity index (χ4n) is 1.43. The smallest absolute Gasteiger partial charge is 0.323 e. The topological polar surface area (TPSA) is 90.1 Å². The van der Waals surface area contributed by atoms with E-state index in [-0.39, 0.29) is 12.6 Å². The molecule has 0 radical (unpaired) electrons. The van der Waals surface area contributed by atoms with Gasteiger partial charge < -0.3 is 10.0 Å². The fourth-order valence-corrected chi connectivity index (χ4v) is 1.43. The van der Waals surface area contributed by atoms with Crippen LogP contribution in [0.5, 0.6) is 0 Å². The van der Waals surface area contributed by atoms with Gasteiger partial charge in [0, 0.05) is 6.04 Å². The van der Waals surface area contributed by atoms with Crippen molar-refractivity contribution in [1.29, 1.82) is 5.26 Å². The van der Waals surface area contributed by atoms with Crippen molar-refractivity contribution in [1.82, 2.24) is 10.2 Å². The van der Waals surface area contributed by atoms with Gasteiger partial charge in [-0.2, -0.15) is 10.4 Å². The quantitative estimate of drug-likeness (QED) is 0.818. The van der Waals surface area contributed by atoms with Crippen molar-refractivity contribution < 1.29 is 9.90 Å². The Labute approximate surface area is 99.5 Å². The molecule has 1 unspecified atom stereocenters. The number of rotatable bonds is 5. The molecule has 6 nitrogen and oxygen atoms in total. The summed E-state index contributed by atoms with van der Waals surface area (Å²) in [7, 11) is 0. The molecule has 0 amide bonds. The first-order valence-electron chi connectivity index (χ1n) is 5.30. The van der Waals surface area contributed by atoms with Gasteiger partial charge in [0.2, 0.25) is 0 Å². The molecule has 90 valence electrons. The van der Waals surface area contributed by atoms with Crippen LogP contribution in [-0.2, 0) is 4.79 Å². The van der Waals surface area contributed by atoms with Gasteiger partial charge >= 0.3 is 5.97 Å². The van der Waals surface area contributed by atoms with Gasteiger partial charge in [0.25, 0.3) is 0 Å². The maximum absolute atomic E-state index is 10.8. The van der Waals surface area contributed by atoms with Crippen molar-refractivity contribution in [2.45, 2.75) is 26.3 Å². The van der Waals surface area contributed by atoms with Crippen LogP contribution in [0.3, 0.4) is 0 Å². The SMILES string of the molecule is CCC(C)N(CC(=O)O)c1nnccc1C#N. The third kappa shape index (κ3) is 3.14. The fraction of sp³-hybridized carbons (Fsp3) is 0.455. The summed E-state index contributed by atoms with van der Waals surface area (Å²) in [4.78, 5) is 12.4. The van der Waals surface area contributed by atoms with E-state index < -0.39 is 5.97 Å². The van der Waals surface area contributed by atoms with Crippen LogP contribution in [0.4, 0.5) is 5.82 Å². The van der Waals surface area contributed by atoms with Crippen molar-refractivity contribution in [3.63, 3.8) is 0 Å². The minimum Gasteiger partial charge on any atom is -0.480 e. The summed E-state index contributed by atoms with van der Waals surface area (Å²) in [5.74, 6) is -0.633. The molecule has 1 heterocycles. The monoisotopic (exact) mass is 234 g/mol. The molecule has 0 bridgehead atoms. The molecular weight excluding hydrogens is 220 g/mol. The number of aliphatic carboxylic acids is 1. The van der Waals surface area contributed by atoms with E-state index in [9.17, 15) is 4.79 Å². The highest BCUT2D eigenvalue weighted by atomic mass is 16.4. The van der Waals surface area contributed by atoms with Crippen LogP contribution in [0.2, 0.25) is 0 Å². The van der Waals surface area contributed by atoms with Gasteiger partial charge in [-0.25, -0.2) is 0 Å². The standard InChI is InChI=1S/C11H14N4O2/c1-3-8(2)15(7-10(16)17)11-9(6-12)4-5-13-14-11/h4-5,8H,3,7H2,1-2H3,(H,16,17). The van der Waals surface area contributed by atoms with E-state index in [1.807, 2.05) is 19.9 Å². The van der Waals surface area contributed by atoms with Crippen LogP contribution >= 0.6 is 0 Å². The number of carboxylic acid groups (broad SMARTS) is 1. The van der Waals surface area contributed by atoms with Gasteiger partial charge in [-0.05, 0) is 19.4 Å². The predicted molar refractivity (Wildman–Crippen MR) is 61.5 cm³/mol. The van der Waals surface area contributed by atoms with Gasteiger partial charge in [-0.3, -0.25) is 4.79 Å². The molecule has 1 atom stereocenters. The first-order valence-corrected chi connectivity index (χ1v) is 5.30. The lowest BCUT2D eigenvalue weighted by Crippen LogP contribution is -2.38. The highest BCUT2D eigenvalue weighted by Crippen LogP contribution is 2.18. The third-order valence-electron chi connectivity index (χ3n) is 2.52. The Morgan fingerprint density at radius 3 is 2.94 bits per heavy atom. The summed E-state index contributed by atoms with van der Waals surface area (Å²) in [5, 5.41) is 25.4. The average molecular weight is 234 g/mol. The van der Waals surface area contributed by atoms with E-state index in [0.29, 0.717) is 11.4 Å². The number of anilines is 1. The molecule has 0 aliphatic heterocycles.